The van der Waals surface area contributed by atoms with Crippen molar-refractivity contribution in [3.63, 3.8) is 0 Å². The summed E-state index contributed by atoms with van der Waals surface area (Å²) in [6.07, 6.45) is 0. The van der Waals surface area contributed by atoms with Crippen LogP contribution in [-0.2, 0) is 4.79 Å². The van der Waals surface area contributed by atoms with Crippen LogP contribution in [0.4, 0.5) is 9.52 Å². The van der Waals surface area contributed by atoms with Crippen LogP contribution in [0.15, 0.2) is 29.4 Å². The average molecular weight is 351 g/mol. The van der Waals surface area contributed by atoms with Crippen LogP contribution in [0.25, 0.3) is 5.69 Å². The van der Waals surface area contributed by atoms with Crippen molar-refractivity contribution in [1.29, 1.82) is 0 Å². The number of hydrogen-bond acceptors (Lipinski definition) is 8. The number of thioether (sulfide) groups is 1. The first-order valence-corrected chi connectivity index (χ1v) is 8.19. The van der Waals surface area contributed by atoms with Crippen molar-refractivity contribution in [3.8, 4) is 5.69 Å². The Labute approximate surface area is 138 Å². The molecule has 0 unspecified atom stereocenters. The van der Waals surface area contributed by atoms with Gasteiger partial charge in [0.25, 0.3) is 0 Å². The van der Waals surface area contributed by atoms with Crippen LogP contribution in [0, 0.1) is 12.7 Å². The molecule has 11 heteroatoms. The van der Waals surface area contributed by atoms with Gasteiger partial charge in [0, 0.05) is 0 Å². The lowest BCUT2D eigenvalue weighted by Gasteiger charge is -2.04. The summed E-state index contributed by atoms with van der Waals surface area (Å²) >= 11 is 2.46. The highest BCUT2D eigenvalue weighted by atomic mass is 32.2. The largest absolute Gasteiger partial charge is 0.300 e. The molecule has 8 nitrogen and oxygen atoms in total. The first-order chi connectivity index (χ1) is 11.1. The van der Waals surface area contributed by atoms with Gasteiger partial charge in [-0.25, -0.2) is 4.39 Å². The lowest BCUT2D eigenvalue weighted by Crippen LogP contribution is -2.14. The predicted molar refractivity (Wildman–Crippen MR) is 83.1 cm³/mol. The number of carbonyl (C=O) groups excluding carboxylic acids is 1. The van der Waals surface area contributed by atoms with Crippen LogP contribution >= 0.6 is 23.1 Å². The van der Waals surface area contributed by atoms with Crippen LogP contribution in [0.5, 0.6) is 0 Å². The van der Waals surface area contributed by atoms with Crippen molar-refractivity contribution in [2.45, 2.75) is 12.1 Å². The molecular weight excluding hydrogens is 341 g/mol. The summed E-state index contributed by atoms with van der Waals surface area (Å²) in [4.78, 5) is 11.9. The predicted octanol–water partition coefficient (Wildman–Crippen LogP) is 1.69. The number of halogens is 1. The second-order valence-corrected chi connectivity index (χ2v) is 6.44. The quantitative estimate of drug-likeness (QED) is 0.698. The third-order valence-electron chi connectivity index (χ3n) is 2.62. The number of aryl methyl sites for hydroxylation is 1. The van der Waals surface area contributed by atoms with E-state index in [1.807, 2.05) is 0 Å². The zero-order chi connectivity index (χ0) is 16.2. The standard InChI is InChI=1S/C12H10FN7OS2/c1-7-15-16-11(23-7)14-10(21)6-22-12-17-18-19-20(12)9-4-2-8(13)3-5-9/h2-5H,6H2,1H3,(H,14,16,21). The Kier molecular flexibility index (Phi) is 4.57. The first-order valence-electron chi connectivity index (χ1n) is 6.39. The Morgan fingerprint density at radius 3 is 2.78 bits per heavy atom. The highest BCUT2D eigenvalue weighted by Gasteiger charge is 2.13. The summed E-state index contributed by atoms with van der Waals surface area (Å²) in [6.45, 7) is 1.80. The van der Waals surface area contributed by atoms with Gasteiger partial charge in [0.2, 0.25) is 16.2 Å². The Bertz CT molecular complexity index is 817. The van der Waals surface area contributed by atoms with Crippen LogP contribution in [0.1, 0.15) is 5.01 Å². The van der Waals surface area contributed by atoms with Crippen molar-refractivity contribution in [2.75, 3.05) is 11.1 Å². The van der Waals surface area contributed by atoms with Gasteiger partial charge in [-0.2, -0.15) is 4.68 Å². The molecule has 2 aromatic heterocycles. The van der Waals surface area contributed by atoms with Crippen LogP contribution in [0.2, 0.25) is 0 Å². The molecule has 2 heterocycles. The van der Waals surface area contributed by atoms with E-state index in [4.69, 9.17) is 0 Å². The molecular formula is C12H10FN7OS2. The number of rotatable bonds is 5. The van der Waals surface area contributed by atoms with E-state index in [1.54, 1.807) is 19.1 Å². The number of anilines is 1. The van der Waals surface area contributed by atoms with E-state index in [9.17, 15) is 9.18 Å². The van der Waals surface area contributed by atoms with E-state index in [0.717, 1.165) is 16.8 Å². The van der Waals surface area contributed by atoms with Crippen LogP contribution in [0.3, 0.4) is 0 Å². The molecule has 1 amide bonds. The molecule has 23 heavy (non-hydrogen) atoms. The Morgan fingerprint density at radius 1 is 1.30 bits per heavy atom. The SMILES string of the molecule is Cc1nnc(NC(=O)CSc2nnnn2-c2ccc(F)cc2)s1. The number of benzene rings is 1. The monoisotopic (exact) mass is 351 g/mol. The molecule has 0 spiro atoms. The number of nitrogens with one attached hydrogen (secondary N) is 1. The maximum Gasteiger partial charge on any atom is 0.236 e. The summed E-state index contributed by atoms with van der Waals surface area (Å²) < 4.78 is 14.4. The molecule has 118 valence electrons. The molecule has 0 fully saturated rings. The molecule has 0 aliphatic rings. The molecule has 0 atom stereocenters. The minimum absolute atomic E-state index is 0.111. The second kappa shape index (κ2) is 6.79. The van der Waals surface area contributed by atoms with Crippen LogP contribution in [-0.4, -0.2) is 42.1 Å². The zero-order valence-corrected chi connectivity index (χ0v) is 13.4. The smallest absolute Gasteiger partial charge is 0.236 e. The van der Waals surface area contributed by atoms with Gasteiger partial charge < -0.3 is 0 Å². The lowest BCUT2D eigenvalue weighted by molar-refractivity contribution is -0.113. The van der Waals surface area contributed by atoms with Gasteiger partial charge in [-0.1, -0.05) is 23.1 Å². The highest BCUT2D eigenvalue weighted by Crippen LogP contribution is 2.19. The van der Waals surface area contributed by atoms with E-state index in [2.05, 4.69) is 31.0 Å². The van der Waals surface area contributed by atoms with Gasteiger partial charge in [-0.3, -0.25) is 10.1 Å². The van der Waals surface area contributed by atoms with Crippen molar-refractivity contribution in [2.24, 2.45) is 0 Å². The minimum atomic E-state index is -0.345. The number of hydrogen-bond donors (Lipinski definition) is 1. The molecule has 1 N–H and O–H groups in total. The fourth-order valence-electron chi connectivity index (χ4n) is 1.65. The minimum Gasteiger partial charge on any atom is -0.300 e. The van der Waals surface area contributed by atoms with Crippen molar-refractivity contribution in [1.82, 2.24) is 30.4 Å². The van der Waals surface area contributed by atoms with E-state index in [1.165, 1.54) is 28.2 Å². The Morgan fingerprint density at radius 2 is 2.09 bits per heavy atom. The first kappa shape index (κ1) is 15.5. The summed E-state index contributed by atoms with van der Waals surface area (Å²) in [5, 5.41) is 23.2. The Hall–Kier alpha value is -2.40. The van der Waals surface area contributed by atoms with E-state index < -0.39 is 0 Å². The molecule has 0 saturated carbocycles. The third kappa shape index (κ3) is 3.87. The van der Waals surface area contributed by atoms with E-state index in [0.29, 0.717) is 16.0 Å². The highest BCUT2D eigenvalue weighted by molar-refractivity contribution is 7.99. The van der Waals surface area contributed by atoms with Crippen molar-refractivity contribution < 1.29 is 9.18 Å². The van der Waals surface area contributed by atoms with Gasteiger partial charge in [0.15, 0.2) is 0 Å². The van der Waals surface area contributed by atoms with E-state index >= 15 is 0 Å². The molecule has 0 aliphatic heterocycles. The maximum absolute atomic E-state index is 13.0. The lowest BCUT2D eigenvalue weighted by atomic mass is 10.3. The normalized spacial score (nSPS) is 10.7. The third-order valence-corrected chi connectivity index (χ3v) is 4.29. The molecule has 0 aliphatic carbocycles. The summed E-state index contributed by atoms with van der Waals surface area (Å²) in [5.74, 6) is -0.470. The Balaban J connectivity index is 1.64. The van der Waals surface area contributed by atoms with Gasteiger partial charge in [0.1, 0.15) is 10.8 Å². The van der Waals surface area contributed by atoms with Gasteiger partial charge in [-0.05, 0) is 41.6 Å². The summed E-state index contributed by atoms with van der Waals surface area (Å²) in [7, 11) is 0. The fraction of sp³-hybridized carbons (Fsp3) is 0.167. The average Bonchev–Trinajstić information content (AvgIpc) is 3.15. The van der Waals surface area contributed by atoms with Gasteiger partial charge in [0.05, 0.1) is 11.4 Å². The van der Waals surface area contributed by atoms with Crippen molar-refractivity contribution in [3.05, 3.63) is 35.1 Å². The molecule has 3 aromatic rings. The fourth-order valence-corrected chi connectivity index (χ4v) is 2.94. The van der Waals surface area contributed by atoms with Crippen LogP contribution < -0.4 is 5.32 Å². The number of nitrogens with zero attached hydrogens (tertiary/aromatic N) is 6. The molecule has 0 saturated heterocycles. The molecule has 3 rings (SSSR count). The van der Waals surface area contributed by atoms with Gasteiger partial charge >= 0.3 is 0 Å². The summed E-state index contributed by atoms with van der Waals surface area (Å²) in [5.41, 5.74) is 0.610. The van der Waals surface area contributed by atoms with Gasteiger partial charge in [-0.15, -0.1) is 15.3 Å². The number of amides is 1. The molecule has 0 radical (unpaired) electrons. The number of carbonyl (C=O) groups is 1. The van der Waals surface area contributed by atoms with E-state index in [-0.39, 0.29) is 17.5 Å². The van der Waals surface area contributed by atoms with Crippen molar-refractivity contribution >= 4 is 34.1 Å². The second-order valence-electron chi connectivity index (χ2n) is 4.31. The topological polar surface area (TPSA) is 98.5 Å². The summed E-state index contributed by atoms with van der Waals surface area (Å²) in [6, 6.07) is 5.74. The molecule has 0 bridgehead atoms. The zero-order valence-electron chi connectivity index (χ0n) is 11.8. The molecule has 1 aromatic carbocycles. The number of aromatic nitrogens is 6. The maximum atomic E-state index is 13.0. The number of tetrazole rings is 1.